The van der Waals surface area contributed by atoms with Crippen molar-refractivity contribution >= 4 is 71.6 Å². The highest BCUT2D eigenvalue weighted by Gasteiger charge is 2.18. The third-order valence-corrected chi connectivity index (χ3v) is 8.28. The standard InChI is InChI=1S/C39H24N2O2/c1-2-10-26(11-3-1)41(28-22-23-36-34(24-28)31-14-8-9-17-35(31)42-36)27-20-18-25(19-21-27)39-40-37-32-15-6-4-12-29(32)30-13-5-7-16-33(30)38(37)43-39/h1-24H. The van der Waals surface area contributed by atoms with Gasteiger partial charge in [0.05, 0.1) is 0 Å². The summed E-state index contributed by atoms with van der Waals surface area (Å²) < 4.78 is 12.6. The maximum atomic E-state index is 6.49. The van der Waals surface area contributed by atoms with Gasteiger partial charge in [0.25, 0.3) is 0 Å². The molecule has 2 aromatic heterocycles. The largest absolute Gasteiger partial charge is 0.456 e. The Bertz CT molecular complexity index is 2380. The first-order chi connectivity index (χ1) is 21.3. The van der Waals surface area contributed by atoms with Crippen molar-refractivity contribution in [3.8, 4) is 11.5 Å². The molecule has 0 N–H and O–H groups in total. The molecule has 9 aromatic rings. The van der Waals surface area contributed by atoms with E-state index in [1.54, 1.807) is 0 Å². The van der Waals surface area contributed by atoms with E-state index >= 15 is 0 Å². The second kappa shape index (κ2) is 9.33. The summed E-state index contributed by atoms with van der Waals surface area (Å²) >= 11 is 0. The lowest BCUT2D eigenvalue weighted by atomic mass is 10.0. The highest BCUT2D eigenvalue weighted by Crippen LogP contribution is 2.40. The summed E-state index contributed by atoms with van der Waals surface area (Å²) in [5, 5.41) is 6.73. The number of hydrogen-bond donors (Lipinski definition) is 0. The smallest absolute Gasteiger partial charge is 0.227 e. The Morgan fingerprint density at radius 3 is 1.79 bits per heavy atom. The lowest BCUT2D eigenvalue weighted by Gasteiger charge is -2.25. The summed E-state index contributed by atoms with van der Waals surface area (Å²) in [4.78, 5) is 7.28. The van der Waals surface area contributed by atoms with E-state index in [0.29, 0.717) is 5.89 Å². The number of oxazole rings is 1. The quantitative estimate of drug-likeness (QED) is 0.204. The van der Waals surface area contributed by atoms with Crippen LogP contribution in [0.2, 0.25) is 0 Å². The van der Waals surface area contributed by atoms with Crippen molar-refractivity contribution in [3.63, 3.8) is 0 Å². The average Bonchev–Trinajstić information content (AvgIpc) is 3.69. The van der Waals surface area contributed by atoms with Crippen LogP contribution in [0.3, 0.4) is 0 Å². The minimum Gasteiger partial charge on any atom is -0.456 e. The zero-order valence-corrected chi connectivity index (χ0v) is 23.1. The van der Waals surface area contributed by atoms with Crippen LogP contribution in [0.5, 0.6) is 0 Å². The van der Waals surface area contributed by atoms with Crippen molar-refractivity contribution in [3.05, 3.63) is 146 Å². The minimum atomic E-state index is 0.612. The number of nitrogens with zero attached hydrogens (tertiary/aromatic N) is 2. The molecular weight excluding hydrogens is 528 g/mol. The number of benzene rings is 7. The van der Waals surface area contributed by atoms with Crippen LogP contribution in [0, 0.1) is 0 Å². The van der Waals surface area contributed by atoms with Gasteiger partial charge in [0.1, 0.15) is 16.7 Å². The molecule has 0 unspecified atom stereocenters. The number of anilines is 3. The summed E-state index contributed by atoms with van der Waals surface area (Å²) in [7, 11) is 0. The molecule has 0 radical (unpaired) electrons. The van der Waals surface area contributed by atoms with E-state index in [1.165, 1.54) is 10.8 Å². The molecule has 0 fully saturated rings. The van der Waals surface area contributed by atoms with Crippen LogP contribution in [-0.2, 0) is 0 Å². The zero-order chi connectivity index (χ0) is 28.3. The van der Waals surface area contributed by atoms with Crippen molar-refractivity contribution in [2.45, 2.75) is 0 Å². The van der Waals surface area contributed by atoms with Gasteiger partial charge < -0.3 is 13.7 Å². The van der Waals surface area contributed by atoms with E-state index in [1.807, 2.05) is 18.2 Å². The molecule has 4 heteroatoms. The number of para-hydroxylation sites is 2. The second-order valence-electron chi connectivity index (χ2n) is 10.8. The molecule has 43 heavy (non-hydrogen) atoms. The average molecular weight is 553 g/mol. The van der Waals surface area contributed by atoms with Crippen LogP contribution in [0.4, 0.5) is 17.1 Å². The van der Waals surface area contributed by atoms with E-state index in [4.69, 9.17) is 13.8 Å². The minimum absolute atomic E-state index is 0.612. The monoisotopic (exact) mass is 552 g/mol. The molecule has 0 aliphatic heterocycles. The van der Waals surface area contributed by atoms with Gasteiger partial charge >= 0.3 is 0 Å². The molecule has 0 saturated heterocycles. The van der Waals surface area contributed by atoms with Crippen molar-refractivity contribution in [2.24, 2.45) is 0 Å². The van der Waals surface area contributed by atoms with Crippen LogP contribution in [0.15, 0.2) is 154 Å². The summed E-state index contributed by atoms with van der Waals surface area (Å²) in [6.07, 6.45) is 0. The molecule has 202 valence electrons. The topological polar surface area (TPSA) is 42.4 Å². The molecular formula is C39H24N2O2. The molecule has 0 aliphatic carbocycles. The first kappa shape index (κ1) is 23.8. The Morgan fingerprint density at radius 2 is 1.00 bits per heavy atom. The second-order valence-corrected chi connectivity index (χ2v) is 10.8. The van der Waals surface area contributed by atoms with Crippen molar-refractivity contribution < 1.29 is 8.83 Å². The molecule has 7 aromatic carbocycles. The maximum Gasteiger partial charge on any atom is 0.227 e. The van der Waals surface area contributed by atoms with E-state index in [9.17, 15) is 0 Å². The first-order valence-electron chi connectivity index (χ1n) is 14.4. The molecule has 0 amide bonds. The Labute approximate surface area is 247 Å². The Morgan fingerprint density at radius 1 is 0.419 bits per heavy atom. The number of aromatic nitrogens is 1. The fraction of sp³-hybridized carbons (Fsp3) is 0. The van der Waals surface area contributed by atoms with Gasteiger partial charge in [-0.3, -0.25) is 0 Å². The lowest BCUT2D eigenvalue weighted by Crippen LogP contribution is -2.09. The van der Waals surface area contributed by atoms with E-state index < -0.39 is 0 Å². The van der Waals surface area contributed by atoms with Gasteiger partial charge in [-0.15, -0.1) is 0 Å². The Balaban J connectivity index is 1.18. The van der Waals surface area contributed by atoms with Crippen LogP contribution in [0.25, 0.3) is 66.0 Å². The van der Waals surface area contributed by atoms with Crippen molar-refractivity contribution in [1.29, 1.82) is 0 Å². The van der Waals surface area contributed by atoms with Gasteiger partial charge in [0.15, 0.2) is 5.58 Å². The molecule has 0 aliphatic rings. The number of hydrogen-bond acceptors (Lipinski definition) is 4. The fourth-order valence-corrected chi connectivity index (χ4v) is 6.28. The predicted molar refractivity (Wildman–Crippen MR) is 176 cm³/mol. The predicted octanol–water partition coefficient (Wildman–Crippen LogP) is 11.2. The Hall–Kier alpha value is -5.87. The molecule has 0 saturated carbocycles. The van der Waals surface area contributed by atoms with Gasteiger partial charge in [-0.1, -0.05) is 84.9 Å². The van der Waals surface area contributed by atoms with Gasteiger partial charge in [-0.05, 0) is 71.4 Å². The molecule has 0 bridgehead atoms. The van der Waals surface area contributed by atoms with Crippen LogP contribution in [-0.4, -0.2) is 4.98 Å². The molecule has 0 atom stereocenters. The van der Waals surface area contributed by atoms with Gasteiger partial charge in [-0.25, -0.2) is 4.98 Å². The first-order valence-corrected chi connectivity index (χ1v) is 14.4. The SMILES string of the molecule is c1ccc(N(c2ccc(-c3nc4c5ccccc5c5ccccc5c4o3)cc2)c2ccc3oc4ccccc4c3c2)cc1. The molecule has 9 rings (SSSR count). The third-order valence-electron chi connectivity index (χ3n) is 8.28. The fourth-order valence-electron chi connectivity index (χ4n) is 6.28. The van der Waals surface area contributed by atoms with Gasteiger partial charge in [0.2, 0.25) is 5.89 Å². The summed E-state index contributed by atoms with van der Waals surface area (Å²) in [6, 6.07) is 50.2. The highest BCUT2D eigenvalue weighted by molar-refractivity contribution is 6.22. The summed E-state index contributed by atoms with van der Waals surface area (Å²) in [5.74, 6) is 0.612. The third kappa shape index (κ3) is 3.74. The zero-order valence-electron chi connectivity index (χ0n) is 23.1. The molecule has 2 heterocycles. The van der Waals surface area contributed by atoms with Crippen molar-refractivity contribution in [1.82, 2.24) is 4.98 Å². The normalized spacial score (nSPS) is 11.7. The van der Waals surface area contributed by atoms with Crippen LogP contribution < -0.4 is 4.90 Å². The number of fused-ring (bicyclic) bond motifs is 9. The Kier molecular flexibility index (Phi) is 5.16. The summed E-state index contributed by atoms with van der Waals surface area (Å²) in [6.45, 7) is 0. The lowest BCUT2D eigenvalue weighted by molar-refractivity contribution is 0.623. The van der Waals surface area contributed by atoms with E-state index in [-0.39, 0.29) is 0 Å². The molecule has 0 spiro atoms. The van der Waals surface area contributed by atoms with Crippen LogP contribution >= 0.6 is 0 Å². The highest BCUT2D eigenvalue weighted by atomic mass is 16.3. The van der Waals surface area contributed by atoms with E-state index in [2.05, 4.69) is 132 Å². The van der Waals surface area contributed by atoms with Gasteiger partial charge in [0, 0.05) is 44.2 Å². The van der Waals surface area contributed by atoms with Crippen LogP contribution in [0.1, 0.15) is 0 Å². The molecule has 4 nitrogen and oxygen atoms in total. The maximum absolute atomic E-state index is 6.49. The van der Waals surface area contributed by atoms with Crippen molar-refractivity contribution in [2.75, 3.05) is 4.90 Å². The van der Waals surface area contributed by atoms with Gasteiger partial charge in [-0.2, -0.15) is 0 Å². The summed E-state index contributed by atoms with van der Waals surface area (Å²) in [5.41, 5.74) is 7.57. The number of furan rings is 1. The number of rotatable bonds is 4. The van der Waals surface area contributed by atoms with E-state index in [0.717, 1.165) is 66.4 Å².